The summed E-state index contributed by atoms with van der Waals surface area (Å²) < 4.78 is 23.1. The van der Waals surface area contributed by atoms with Crippen molar-refractivity contribution in [2.24, 2.45) is 0 Å². The standard InChI is InChI=1S/C14H16FN3O2/c1-19-6-7-20-14-8-13(17-10-18-14)16-9-11-2-4-12(15)5-3-11/h2-5,8,10H,6-7,9H2,1H3,(H,16,17,18). The molecule has 0 spiro atoms. The van der Waals surface area contributed by atoms with E-state index in [1.54, 1.807) is 25.3 Å². The fourth-order valence-electron chi connectivity index (χ4n) is 1.54. The third-order valence-electron chi connectivity index (χ3n) is 2.57. The van der Waals surface area contributed by atoms with Gasteiger partial charge in [-0.25, -0.2) is 14.4 Å². The first-order chi connectivity index (χ1) is 9.78. The predicted molar refractivity (Wildman–Crippen MR) is 73.1 cm³/mol. The molecule has 0 saturated carbocycles. The molecule has 20 heavy (non-hydrogen) atoms. The summed E-state index contributed by atoms with van der Waals surface area (Å²) in [5.74, 6) is 0.889. The molecule has 0 aliphatic carbocycles. The van der Waals surface area contributed by atoms with Gasteiger partial charge in [0.2, 0.25) is 5.88 Å². The molecule has 6 heteroatoms. The summed E-state index contributed by atoms with van der Waals surface area (Å²) in [5.41, 5.74) is 0.965. The molecule has 5 nitrogen and oxygen atoms in total. The average molecular weight is 277 g/mol. The van der Waals surface area contributed by atoms with E-state index in [1.807, 2.05) is 0 Å². The number of anilines is 1. The second kappa shape index (κ2) is 7.40. The number of methoxy groups -OCH3 is 1. The smallest absolute Gasteiger partial charge is 0.218 e. The predicted octanol–water partition coefficient (Wildman–Crippen LogP) is 2.25. The second-order valence-corrected chi connectivity index (χ2v) is 4.06. The Morgan fingerprint density at radius 1 is 1.15 bits per heavy atom. The Labute approximate surface area is 116 Å². The van der Waals surface area contributed by atoms with Crippen LogP contribution in [0.2, 0.25) is 0 Å². The van der Waals surface area contributed by atoms with E-state index in [0.717, 1.165) is 5.56 Å². The third kappa shape index (κ3) is 4.47. The number of benzene rings is 1. The van der Waals surface area contributed by atoms with Crippen LogP contribution in [0.1, 0.15) is 5.56 Å². The van der Waals surface area contributed by atoms with Crippen molar-refractivity contribution in [1.82, 2.24) is 9.97 Å². The summed E-state index contributed by atoms with van der Waals surface area (Å²) >= 11 is 0. The van der Waals surface area contributed by atoms with Gasteiger partial charge < -0.3 is 14.8 Å². The van der Waals surface area contributed by atoms with Gasteiger partial charge in [0.05, 0.1) is 6.61 Å². The molecule has 2 rings (SSSR count). The first-order valence-corrected chi connectivity index (χ1v) is 6.20. The van der Waals surface area contributed by atoms with Gasteiger partial charge in [-0.3, -0.25) is 0 Å². The largest absolute Gasteiger partial charge is 0.475 e. The van der Waals surface area contributed by atoms with Crippen LogP contribution in [-0.4, -0.2) is 30.3 Å². The highest BCUT2D eigenvalue weighted by atomic mass is 19.1. The van der Waals surface area contributed by atoms with Gasteiger partial charge >= 0.3 is 0 Å². The van der Waals surface area contributed by atoms with E-state index in [1.165, 1.54) is 18.5 Å². The Balaban J connectivity index is 1.89. The van der Waals surface area contributed by atoms with Gasteiger partial charge in [0.15, 0.2) is 0 Å². The lowest BCUT2D eigenvalue weighted by Gasteiger charge is -2.08. The van der Waals surface area contributed by atoms with Crippen molar-refractivity contribution in [3.05, 3.63) is 48.0 Å². The van der Waals surface area contributed by atoms with E-state index in [2.05, 4.69) is 15.3 Å². The zero-order valence-corrected chi connectivity index (χ0v) is 11.2. The topological polar surface area (TPSA) is 56.3 Å². The number of ether oxygens (including phenoxy) is 2. The van der Waals surface area contributed by atoms with Gasteiger partial charge in [0.1, 0.15) is 24.6 Å². The monoisotopic (exact) mass is 277 g/mol. The van der Waals surface area contributed by atoms with Crippen molar-refractivity contribution < 1.29 is 13.9 Å². The fraction of sp³-hybridized carbons (Fsp3) is 0.286. The summed E-state index contributed by atoms with van der Waals surface area (Å²) in [6.45, 7) is 1.49. The Kier molecular flexibility index (Phi) is 5.25. The van der Waals surface area contributed by atoms with Crippen molar-refractivity contribution >= 4 is 5.82 Å². The maximum absolute atomic E-state index is 12.8. The third-order valence-corrected chi connectivity index (χ3v) is 2.57. The number of hydrogen-bond donors (Lipinski definition) is 1. The molecule has 1 aromatic carbocycles. The number of halogens is 1. The summed E-state index contributed by atoms with van der Waals surface area (Å²) in [6.07, 6.45) is 1.43. The van der Waals surface area contributed by atoms with Crippen LogP contribution in [-0.2, 0) is 11.3 Å². The Morgan fingerprint density at radius 2 is 1.95 bits per heavy atom. The number of aromatic nitrogens is 2. The minimum Gasteiger partial charge on any atom is -0.475 e. The molecule has 0 aliphatic heterocycles. The molecule has 0 aliphatic rings. The van der Waals surface area contributed by atoms with Gasteiger partial charge in [-0.2, -0.15) is 0 Å². The summed E-state index contributed by atoms with van der Waals surface area (Å²) in [4.78, 5) is 8.09. The van der Waals surface area contributed by atoms with Crippen molar-refractivity contribution in [3.8, 4) is 5.88 Å². The lowest BCUT2D eigenvalue weighted by molar-refractivity contribution is 0.143. The van der Waals surface area contributed by atoms with E-state index >= 15 is 0 Å². The number of rotatable bonds is 7. The van der Waals surface area contributed by atoms with Crippen LogP contribution < -0.4 is 10.1 Å². The van der Waals surface area contributed by atoms with Crippen LogP contribution in [0.3, 0.4) is 0 Å². The molecule has 1 heterocycles. The normalized spacial score (nSPS) is 10.3. The minimum absolute atomic E-state index is 0.246. The zero-order chi connectivity index (χ0) is 14.2. The van der Waals surface area contributed by atoms with Crippen molar-refractivity contribution in [2.45, 2.75) is 6.54 Å². The van der Waals surface area contributed by atoms with Crippen molar-refractivity contribution in [1.29, 1.82) is 0 Å². The van der Waals surface area contributed by atoms with Gasteiger partial charge in [-0.05, 0) is 17.7 Å². The highest BCUT2D eigenvalue weighted by molar-refractivity contribution is 5.38. The first kappa shape index (κ1) is 14.2. The van der Waals surface area contributed by atoms with Crippen LogP contribution in [0.15, 0.2) is 36.7 Å². The summed E-state index contributed by atoms with van der Waals surface area (Å²) in [7, 11) is 1.61. The van der Waals surface area contributed by atoms with E-state index in [9.17, 15) is 4.39 Å². The van der Waals surface area contributed by atoms with Gasteiger partial charge in [0, 0.05) is 19.7 Å². The molecule has 0 saturated heterocycles. The number of nitrogens with one attached hydrogen (secondary N) is 1. The van der Waals surface area contributed by atoms with Crippen molar-refractivity contribution in [3.63, 3.8) is 0 Å². The van der Waals surface area contributed by atoms with Gasteiger partial charge in [0.25, 0.3) is 0 Å². The molecular weight excluding hydrogens is 261 g/mol. The first-order valence-electron chi connectivity index (χ1n) is 6.20. The molecule has 2 aromatic rings. The van der Waals surface area contributed by atoms with E-state index in [0.29, 0.717) is 31.5 Å². The van der Waals surface area contributed by atoms with Crippen LogP contribution in [0.5, 0.6) is 5.88 Å². The van der Waals surface area contributed by atoms with Gasteiger partial charge in [-0.1, -0.05) is 12.1 Å². The molecule has 0 bridgehead atoms. The average Bonchev–Trinajstić information content (AvgIpc) is 2.47. The van der Waals surface area contributed by atoms with Crippen LogP contribution in [0.25, 0.3) is 0 Å². The molecule has 0 radical (unpaired) electrons. The second-order valence-electron chi connectivity index (χ2n) is 4.06. The van der Waals surface area contributed by atoms with Gasteiger partial charge in [-0.15, -0.1) is 0 Å². The highest BCUT2D eigenvalue weighted by Gasteiger charge is 2.00. The van der Waals surface area contributed by atoms with E-state index < -0.39 is 0 Å². The number of hydrogen-bond acceptors (Lipinski definition) is 5. The molecule has 0 amide bonds. The molecule has 0 atom stereocenters. The summed E-state index contributed by atoms with van der Waals surface area (Å²) in [5, 5.41) is 3.13. The molecule has 106 valence electrons. The molecule has 1 N–H and O–H groups in total. The van der Waals surface area contributed by atoms with Crippen LogP contribution in [0.4, 0.5) is 10.2 Å². The van der Waals surface area contributed by atoms with Crippen LogP contribution in [0, 0.1) is 5.82 Å². The zero-order valence-electron chi connectivity index (χ0n) is 11.2. The highest BCUT2D eigenvalue weighted by Crippen LogP contribution is 2.12. The fourth-order valence-corrected chi connectivity index (χ4v) is 1.54. The number of nitrogens with zero attached hydrogens (tertiary/aromatic N) is 2. The Bertz CT molecular complexity index is 534. The minimum atomic E-state index is -0.246. The molecular formula is C14H16FN3O2. The lowest BCUT2D eigenvalue weighted by Crippen LogP contribution is -2.07. The SMILES string of the molecule is COCCOc1cc(NCc2ccc(F)cc2)ncn1. The molecule has 1 aromatic heterocycles. The Morgan fingerprint density at radius 3 is 2.70 bits per heavy atom. The molecule has 0 unspecified atom stereocenters. The summed E-state index contributed by atoms with van der Waals surface area (Å²) in [6, 6.07) is 8.00. The lowest BCUT2D eigenvalue weighted by atomic mass is 10.2. The maximum Gasteiger partial charge on any atom is 0.218 e. The Hall–Kier alpha value is -2.21. The van der Waals surface area contributed by atoms with Crippen molar-refractivity contribution in [2.75, 3.05) is 25.6 Å². The van der Waals surface area contributed by atoms with E-state index in [4.69, 9.17) is 9.47 Å². The van der Waals surface area contributed by atoms with Crippen LogP contribution >= 0.6 is 0 Å². The van der Waals surface area contributed by atoms with E-state index in [-0.39, 0.29) is 5.82 Å². The maximum atomic E-state index is 12.8. The molecule has 0 fully saturated rings. The quantitative estimate of drug-likeness (QED) is 0.787.